The number of hydrogen-bond acceptors (Lipinski definition) is 18. The van der Waals surface area contributed by atoms with Gasteiger partial charge in [0.25, 0.3) is 0 Å². The Hall–Kier alpha value is -1.73. The molecular weight excluding hydrogens is 794 g/mol. The minimum atomic E-state index is -1.97. The molecule has 3 saturated heterocycles. The van der Waals surface area contributed by atoms with Crippen LogP contribution in [0.5, 0.6) is 0 Å². The lowest BCUT2D eigenvalue weighted by atomic mass is 9.96. The number of aliphatic hydroxyl groups is 11. The molecule has 0 aliphatic carbocycles. The van der Waals surface area contributed by atoms with Gasteiger partial charge in [-0.3, -0.25) is 4.79 Å². The fraction of sp³-hybridized carbons (Fsp3) is 0.878. The largest absolute Gasteiger partial charge is 0.394 e. The number of amides is 1. The molecule has 0 aromatic heterocycles. The third kappa shape index (κ3) is 15.8. The number of carbonyl (C=O) groups is 1. The molecule has 3 rings (SSSR count). The predicted octanol–water partition coefficient (Wildman–Crippen LogP) is -1.48. The predicted molar refractivity (Wildman–Crippen MR) is 213 cm³/mol. The van der Waals surface area contributed by atoms with E-state index in [9.17, 15) is 61.0 Å². The summed E-state index contributed by atoms with van der Waals surface area (Å²) in [4.78, 5) is 13.0. The van der Waals surface area contributed by atoms with Gasteiger partial charge in [-0.15, -0.1) is 0 Å². The van der Waals surface area contributed by atoms with Crippen LogP contribution in [0.15, 0.2) is 24.3 Å². The first-order valence-electron chi connectivity index (χ1n) is 21.6. The third-order valence-corrected chi connectivity index (χ3v) is 11.0. The van der Waals surface area contributed by atoms with Crippen LogP contribution in [-0.4, -0.2) is 193 Å². The normalized spacial score (nSPS) is 36.2. The number of hydrogen-bond donors (Lipinski definition) is 12. The molecule has 0 bridgehead atoms. The molecule has 19 heteroatoms. The Morgan fingerprint density at radius 3 is 1.63 bits per heavy atom. The zero-order valence-electron chi connectivity index (χ0n) is 34.9. The average Bonchev–Trinajstić information content (AvgIpc) is 3.24. The Morgan fingerprint density at radius 1 is 0.583 bits per heavy atom. The van der Waals surface area contributed by atoms with Gasteiger partial charge in [0.05, 0.1) is 38.6 Å². The topological polar surface area (TPSA) is 307 Å². The molecule has 0 saturated carbocycles. The van der Waals surface area contributed by atoms with E-state index in [1.165, 1.54) is 19.3 Å². The highest BCUT2D eigenvalue weighted by Crippen LogP contribution is 2.32. The number of rotatable bonds is 27. The van der Waals surface area contributed by atoms with Crippen molar-refractivity contribution in [3.8, 4) is 0 Å². The maximum Gasteiger partial charge on any atom is 0.220 e. The minimum absolute atomic E-state index is 0.235. The summed E-state index contributed by atoms with van der Waals surface area (Å²) >= 11 is 0. The number of ether oxygens (including phenoxy) is 6. The van der Waals surface area contributed by atoms with Crippen LogP contribution in [0.25, 0.3) is 0 Å². The van der Waals surface area contributed by atoms with E-state index >= 15 is 0 Å². The number of aliphatic hydroxyl groups excluding tert-OH is 11. The second-order valence-corrected chi connectivity index (χ2v) is 15.8. The van der Waals surface area contributed by atoms with Gasteiger partial charge in [0, 0.05) is 6.42 Å². The molecule has 3 aliphatic heterocycles. The van der Waals surface area contributed by atoms with Gasteiger partial charge >= 0.3 is 0 Å². The van der Waals surface area contributed by atoms with E-state index in [2.05, 4.69) is 31.3 Å². The van der Waals surface area contributed by atoms with Crippen LogP contribution in [0, 0.1) is 0 Å². The van der Waals surface area contributed by atoms with Crippen LogP contribution in [0.4, 0.5) is 0 Å². The molecule has 3 heterocycles. The third-order valence-electron chi connectivity index (χ3n) is 11.0. The first-order chi connectivity index (χ1) is 28.8. The summed E-state index contributed by atoms with van der Waals surface area (Å²) in [6.45, 7) is 1.46. The molecule has 1 amide bonds. The lowest BCUT2D eigenvalue weighted by Gasteiger charge is -2.48. The molecule has 19 nitrogen and oxygen atoms in total. The maximum atomic E-state index is 13.0. The Kier molecular flexibility index (Phi) is 24.7. The second kappa shape index (κ2) is 28.1. The van der Waals surface area contributed by atoms with Crippen molar-refractivity contribution < 1.29 is 89.4 Å². The van der Waals surface area contributed by atoms with E-state index in [1.807, 2.05) is 0 Å². The highest BCUT2D eigenvalue weighted by atomic mass is 16.8. The van der Waals surface area contributed by atoms with Crippen LogP contribution in [0.3, 0.4) is 0 Å². The van der Waals surface area contributed by atoms with E-state index in [0.717, 1.165) is 44.9 Å². The Morgan fingerprint density at radius 2 is 1.07 bits per heavy atom. The van der Waals surface area contributed by atoms with Crippen molar-refractivity contribution in [1.82, 2.24) is 5.32 Å². The molecular formula is C41H73NO18. The molecule has 3 aliphatic rings. The summed E-state index contributed by atoms with van der Waals surface area (Å²) in [6, 6.07) is -0.978. The van der Waals surface area contributed by atoms with Gasteiger partial charge in [-0.05, 0) is 25.7 Å². The summed E-state index contributed by atoms with van der Waals surface area (Å²) < 4.78 is 33.8. The molecule has 12 N–H and O–H groups in total. The van der Waals surface area contributed by atoms with Crippen molar-refractivity contribution in [3.05, 3.63) is 24.3 Å². The summed E-state index contributed by atoms with van der Waals surface area (Å²) in [5.41, 5.74) is 0. The van der Waals surface area contributed by atoms with Crippen molar-refractivity contribution in [2.75, 3.05) is 26.4 Å². The SMILES string of the molecule is CCC/C=C/CC/C=C/C(O)C(COC1OC(CO)C(OC2OC(CO)C(OC3OC(CO)C(O)C(O)C3O)C(O)C2O)C(O)C1O)NC(=O)CCCCCCCCCC. The fourth-order valence-corrected chi connectivity index (χ4v) is 7.27. The molecule has 0 spiro atoms. The van der Waals surface area contributed by atoms with Gasteiger partial charge in [0.2, 0.25) is 5.91 Å². The average molecular weight is 868 g/mol. The highest BCUT2D eigenvalue weighted by molar-refractivity contribution is 5.76. The highest BCUT2D eigenvalue weighted by Gasteiger charge is 2.53. The van der Waals surface area contributed by atoms with E-state index < -0.39 is 124 Å². The second-order valence-electron chi connectivity index (χ2n) is 15.8. The number of carbonyl (C=O) groups excluding carboxylic acids is 1. The molecule has 0 aromatic carbocycles. The quantitative estimate of drug-likeness (QED) is 0.0331. The lowest BCUT2D eigenvalue weighted by molar-refractivity contribution is -0.379. The summed E-state index contributed by atoms with van der Waals surface area (Å²) in [5.74, 6) is -0.299. The molecule has 0 radical (unpaired) electrons. The van der Waals surface area contributed by atoms with Gasteiger partial charge in [-0.25, -0.2) is 0 Å². The van der Waals surface area contributed by atoms with Crippen molar-refractivity contribution in [3.63, 3.8) is 0 Å². The molecule has 17 atom stereocenters. The van der Waals surface area contributed by atoms with E-state index in [-0.39, 0.29) is 18.9 Å². The molecule has 17 unspecified atom stereocenters. The number of unbranched alkanes of at least 4 members (excludes halogenated alkanes) is 9. The van der Waals surface area contributed by atoms with Crippen molar-refractivity contribution >= 4 is 5.91 Å². The molecule has 350 valence electrons. The first kappa shape index (κ1) is 52.6. The zero-order valence-corrected chi connectivity index (χ0v) is 34.9. The molecule has 0 aromatic rings. The maximum absolute atomic E-state index is 13.0. The van der Waals surface area contributed by atoms with E-state index in [4.69, 9.17) is 28.4 Å². The van der Waals surface area contributed by atoms with Gasteiger partial charge in [0.1, 0.15) is 73.2 Å². The first-order valence-corrected chi connectivity index (χ1v) is 21.6. The van der Waals surface area contributed by atoms with Crippen molar-refractivity contribution in [1.29, 1.82) is 0 Å². The fourth-order valence-electron chi connectivity index (χ4n) is 7.27. The number of allylic oxidation sites excluding steroid dienone is 3. The smallest absolute Gasteiger partial charge is 0.220 e. The summed E-state index contributed by atoms with van der Waals surface area (Å²) in [6.07, 6.45) is -7.25. The van der Waals surface area contributed by atoms with Gasteiger partial charge in [0.15, 0.2) is 18.9 Å². The van der Waals surface area contributed by atoms with E-state index in [1.54, 1.807) is 12.2 Å². The monoisotopic (exact) mass is 867 g/mol. The Balaban J connectivity index is 1.63. The standard InChI is InChI=1S/C41H73NO18/c1-3-5-7-9-11-13-15-17-19-29(47)42-24(25(46)18-16-14-12-10-8-6-4-2)23-55-39-35(53)32(50)37(27(21-44)57-39)60-41-36(54)33(51)38(28(22-45)58-41)59-40-34(52)31(49)30(48)26(20-43)56-40/h8,10,16,18,24-28,30-41,43-46,48-54H,3-7,9,11-15,17,19-23H2,1-2H3,(H,42,47)/b10-8+,18-16+. The van der Waals surface area contributed by atoms with Crippen LogP contribution in [0.2, 0.25) is 0 Å². The molecule has 60 heavy (non-hydrogen) atoms. The van der Waals surface area contributed by atoms with Crippen LogP contribution < -0.4 is 5.32 Å². The van der Waals surface area contributed by atoms with Crippen LogP contribution >= 0.6 is 0 Å². The summed E-state index contributed by atoms with van der Waals surface area (Å²) in [5, 5.41) is 119. The Bertz CT molecular complexity index is 1230. The van der Waals surface area contributed by atoms with Gasteiger partial charge < -0.3 is 89.9 Å². The zero-order chi connectivity index (χ0) is 44.2. The minimum Gasteiger partial charge on any atom is -0.394 e. The van der Waals surface area contributed by atoms with Crippen molar-refractivity contribution in [2.45, 2.75) is 202 Å². The van der Waals surface area contributed by atoms with Gasteiger partial charge in [-0.2, -0.15) is 0 Å². The molecule has 3 fully saturated rings. The van der Waals surface area contributed by atoms with Crippen LogP contribution in [0.1, 0.15) is 97.3 Å². The summed E-state index contributed by atoms with van der Waals surface area (Å²) in [7, 11) is 0. The lowest BCUT2D eigenvalue weighted by Crippen LogP contribution is -2.66. The van der Waals surface area contributed by atoms with E-state index in [0.29, 0.717) is 12.8 Å². The van der Waals surface area contributed by atoms with Crippen molar-refractivity contribution in [2.24, 2.45) is 0 Å². The van der Waals surface area contributed by atoms with Crippen LogP contribution in [-0.2, 0) is 33.2 Å². The Labute approximate surface area is 352 Å². The van der Waals surface area contributed by atoms with Gasteiger partial charge in [-0.1, -0.05) is 89.5 Å². The number of nitrogens with one attached hydrogen (secondary N) is 1.